The average Bonchev–Trinajstić information content (AvgIpc) is 2.56. The van der Waals surface area contributed by atoms with Gasteiger partial charge in [-0.1, -0.05) is 12.1 Å². The summed E-state index contributed by atoms with van der Waals surface area (Å²) in [5, 5.41) is 3.44. The van der Waals surface area contributed by atoms with E-state index < -0.39 is 0 Å². The molecule has 0 saturated carbocycles. The number of carbonyl (C=O) groups is 1. The Hall–Kier alpha value is -2.56. The summed E-state index contributed by atoms with van der Waals surface area (Å²) >= 11 is 0. The highest BCUT2D eigenvalue weighted by molar-refractivity contribution is 5.82. The number of hydrogen-bond acceptors (Lipinski definition) is 4. The standard InChI is InChI=1S/C18H21N3O2/c1-3-21-12-13-14(9-10-19-16(13)11-18(21)22)20-15-7-5-6-8-17(15)23-4-2/h5-10H,3-4,11-12H2,1-2H3,(H,19,20). The van der Waals surface area contributed by atoms with Crippen LogP contribution in [0.5, 0.6) is 5.75 Å². The lowest BCUT2D eigenvalue weighted by Gasteiger charge is -2.28. The first-order valence-electron chi connectivity index (χ1n) is 7.96. The minimum atomic E-state index is 0.138. The van der Waals surface area contributed by atoms with Crippen LogP contribution in [0.15, 0.2) is 36.5 Å². The lowest BCUT2D eigenvalue weighted by atomic mass is 10.0. The van der Waals surface area contributed by atoms with Gasteiger partial charge < -0.3 is 15.0 Å². The third kappa shape index (κ3) is 3.13. The second-order valence-corrected chi connectivity index (χ2v) is 5.42. The molecule has 1 N–H and O–H groups in total. The minimum absolute atomic E-state index is 0.138. The third-order valence-corrected chi connectivity index (χ3v) is 4.00. The van der Waals surface area contributed by atoms with E-state index in [1.54, 1.807) is 6.20 Å². The Balaban J connectivity index is 1.93. The molecule has 23 heavy (non-hydrogen) atoms. The van der Waals surface area contributed by atoms with Gasteiger partial charge in [-0.15, -0.1) is 0 Å². The van der Waals surface area contributed by atoms with Crippen LogP contribution in [0.4, 0.5) is 11.4 Å². The zero-order valence-electron chi connectivity index (χ0n) is 13.5. The Morgan fingerprint density at radius 3 is 2.83 bits per heavy atom. The summed E-state index contributed by atoms with van der Waals surface area (Å²) in [5.74, 6) is 0.958. The van der Waals surface area contributed by atoms with Gasteiger partial charge in [-0.25, -0.2) is 0 Å². The molecular formula is C18H21N3O2. The molecule has 0 radical (unpaired) electrons. The monoisotopic (exact) mass is 311 g/mol. The Morgan fingerprint density at radius 1 is 1.22 bits per heavy atom. The average molecular weight is 311 g/mol. The van der Waals surface area contributed by atoms with Gasteiger partial charge in [-0.3, -0.25) is 9.78 Å². The normalized spacial score (nSPS) is 13.7. The van der Waals surface area contributed by atoms with E-state index in [1.807, 2.05) is 49.1 Å². The smallest absolute Gasteiger partial charge is 0.228 e. The molecule has 5 nitrogen and oxygen atoms in total. The van der Waals surface area contributed by atoms with E-state index in [-0.39, 0.29) is 5.91 Å². The van der Waals surface area contributed by atoms with Gasteiger partial charge in [0.2, 0.25) is 5.91 Å². The van der Waals surface area contributed by atoms with Gasteiger partial charge in [0.15, 0.2) is 0 Å². The van der Waals surface area contributed by atoms with Crippen molar-refractivity contribution in [3.63, 3.8) is 0 Å². The fourth-order valence-electron chi connectivity index (χ4n) is 2.80. The number of ether oxygens (including phenoxy) is 1. The highest BCUT2D eigenvalue weighted by Crippen LogP contribution is 2.31. The molecule has 0 unspecified atom stereocenters. The maximum Gasteiger partial charge on any atom is 0.228 e. The quantitative estimate of drug-likeness (QED) is 0.922. The van der Waals surface area contributed by atoms with Crippen LogP contribution >= 0.6 is 0 Å². The number of aromatic nitrogens is 1. The fraction of sp³-hybridized carbons (Fsp3) is 0.333. The highest BCUT2D eigenvalue weighted by Gasteiger charge is 2.25. The summed E-state index contributed by atoms with van der Waals surface area (Å²) in [4.78, 5) is 18.3. The van der Waals surface area contributed by atoms with E-state index in [0.29, 0.717) is 26.1 Å². The molecule has 1 amide bonds. The van der Waals surface area contributed by atoms with Gasteiger partial charge in [0.25, 0.3) is 0 Å². The molecule has 1 aliphatic heterocycles. The summed E-state index contributed by atoms with van der Waals surface area (Å²) in [6, 6.07) is 9.81. The number of likely N-dealkylation sites (N-methyl/N-ethyl adjacent to an activating group) is 1. The Bertz CT molecular complexity index is 715. The van der Waals surface area contributed by atoms with Crippen molar-refractivity contribution in [1.29, 1.82) is 0 Å². The number of nitrogens with one attached hydrogen (secondary N) is 1. The first-order valence-corrected chi connectivity index (χ1v) is 7.96. The van der Waals surface area contributed by atoms with Crippen LogP contribution < -0.4 is 10.1 Å². The van der Waals surface area contributed by atoms with Crippen molar-refractivity contribution in [2.45, 2.75) is 26.8 Å². The molecule has 120 valence electrons. The number of hydrogen-bond donors (Lipinski definition) is 1. The highest BCUT2D eigenvalue weighted by atomic mass is 16.5. The summed E-state index contributed by atoms with van der Waals surface area (Å²) in [5.41, 5.74) is 3.84. The van der Waals surface area contributed by atoms with E-state index in [1.165, 1.54) is 0 Å². The Morgan fingerprint density at radius 2 is 2.04 bits per heavy atom. The van der Waals surface area contributed by atoms with Crippen molar-refractivity contribution < 1.29 is 9.53 Å². The number of carbonyl (C=O) groups excluding carboxylic acids is 1. The molecule has 3 rings (SSSR count). The Kier molecular flexibility index (Phi) is 4.46. The minimum Gasteiger partial charge on any atom is -0.492 e. The molecular weight excluding hydrogens is 290 g/mol. The lowest BCUT2D eigenvalue weighted by molar-refractivity contribution is -0.131. The van der Waals surface area contributed by atoms with Crippen LogP contribution in [0.25, 0.3) is 0 Å². The number of amides is 1. The third-order valence-electron chi connectivity index (χ3n) is 4.00. The molecule has 1 aromatic carbocycles. The maximum atomic E-state index is 12.0. The molecule has 0 saturated heterocycles. The van der Waals surface area contributed by atoms with E-state index in [4.69, 9.17) is 4.74 Å². The predicted molar refractivity (Wildman–Crippen MR) is 89.9 cm³/mol. The molecule has 2 aromatic rings. The number of rotatable bonds is 5. The maximum absolute atomic E-state index is 12.0. The zero-order chi connectivity index (χ0) is 16.2. The van der Waals surface area contributed by atoms with Crippen molar-refractivity contribution in [2.75, 3.05) is 18.5 Å². The second kappa shape index (κ2) is 6.69. The predicted octanol–water partition coefficient (Wildman–Crippen LogP) is 3.13. The molecule has 0 fully saturated rings. The molecule has 0 spiro atoms. The van der Waals surface area contributed by atoms with Crippen LogP contribution in [0.2, 0.25) is 0 Å². The lowest BCUT2D eigenvalue weighted by Crippen LogP contribution is -2.36. The SMILES string of the molecule is CCOc1ccccc1Nc1ccnc2c1CN(CC)C(=O)C2. The van der Waals surface area contributed by atoms with Crippen molar-refractivity contribution in [1.82, 2.24) is 9.88 Å². The summed E-state index contributed by atoms with van der Waals surface area (Å²) in [7, 11) is 0. The second-order valence-electron chi connectivity index (χ2n) is 5.42. The van der Waals surface area contributed by atoms with Crippen LogP contribution in [0, 0.1) is 0 Å². The van der Waals surface area contributed by atoms with E-state index in [9.17, 15) is 4.79 Å². The van der Waals surface area contributed by atoms with Crippen molar-refractivity contribution >= 4 is 17.3 Å². The number of benzene rings is 1. The first kappa shape index (κ1) is 15.3. The van der Waals surface area contributed by atoms with Gasteiger partial charge in [-0.05, 0) is 32.0 Å². The van der Waals surface area contributed by atoms with Gasteiger partial charge in [0, 0.05) is 30.5 Å². The largest absolute Gasteiger partial charge is 0.492 e. The molecule has 2 heterocycles. The van der Waals surface area contributed by atoms with E-state index in [2.05, 4.69) is 10.3 Å². The van der Waals surface area contributed by atoms with Gasteiger partial charge in [-0.2, -0.15) is 0 Å². The number of fused-ring (bicyclic) bond motifs is 1. The topological polar surface area (TPSA) is 54.5 Å². The Labute approximate surface area is 136 Å². The van der Waals surface area contributed by atoms with E-state index in [0.717, 1.165) is 28.4 Å². The fourth-order valence-corrected chi connectivity index (χ4v) is 2.80. The number of pyridine rings is 1. The van der Waals surface area contributed by atoms with Gasteiger partial charge in [0.1, 0.15) is 5.75 Å². The zero-order valence-corrected chi connectivity index (χ0v) is 13.5. The number of para-hydroxylation sites is 2. The number of nitrogens with zero attached hydrogens (tertiary/aromatic N) is 2. The van der Waals surface area contributed by atoms with Gasteiger partial charge in [0.05, 0.1) is 24.4 Å². The van der Waals surface area contributed by atoms with Crippen molar-refractivity contribution in [2.24, 2.45) is 0 Å². The molecule has 5 heteroatoms. The van der Waals surface area contributed by atoms with Crippen LogP contribution in [0.1, 0.15) is 25.1 Å². The van der Waals surface area contributed by atoms with Gasteiger partial charge >= 0.3 is 0 Å². The molecule has 0 bridgehead atoms. The summed E-state index contributed by atoms with van der Waals surface area (Å²) < 4.78 is 5.67. The van der Waals surface area contributed by atoms with Crippen LogP contribution in [-0.4, -0.2) is 28.9 Å². The summed E-state index contributed by atoms with van der Waals surface area (Å²) in [6.45, 7) is 5.89. The van der Waals surface area contributed by atoms with Crippen LogP contribution in [-0.2, 0) is 17.8 Å². The number of anilines is 2. The molecule has 1 aromatic heterocycles. The molecule has 0 atom stereocenters. The summed E-state index contributed by atoms with van der Waals surface area (Å²) in [6.07, 6.45) is 2.12. The van der Waals surface area contributed by atoms with Crippen molar-refractivity contribution in [3.05, 3.63) is 47.8 Å². The molecule has 0 aliphatic carbocycles. The van der Waals surface area contributed by atoms with E-state index >= 15 is 0 Å². The first-order chi connectivity index (χ1) is 11.2. The molecule has 1 aliphatic rings. The van der Waals surface area contributed by atoms with Crippen LogP contribution in [0.3, 0.4) is 0 Å². The van der Waals surface area contributed by atoms with Crippen molar-refractivity contribution in [3.8, 4) is 5.75 Å².